The molecule has 2 unspecified atom stereocenters. The van der Waals surface area contributed by atoms with Gasteiger partial charge < -0.3 is 10.1 Å². The fourth-order valence-electron chi connectivity index (χ4n) is 2.49. The van der Waals surface area contributed by atoms with Crippen molar-refractivity contribution in [2.75, 3.05) is 33.3 Å². The van der Waals surface area contributed by atoms with Crippen molar-refractivity contribution in [2.45, 2.75) is 19.1 Å². The van der Waals surface area contributed by atoms with Crippen LogP contribution in [0.2, 0.25) is 0 Å². The SMILES string of the molecule is CCN1CCOC(C(NC)c2c(Br)cnn2C)C1. The van der Waals surface area contributed by atoms with Crippen LogP contribution in [0.3, 0.4) is 0 Å². The van der Waals surface area contributed by atoms with Crippen LogP contribution in [-0.4, -0.2) is 54.1 Å². The normalized spacial score (nSPS) is 23.2. The van der Waals surface area contributed by atoms with E-state index in [0.717, 1.165) is 36.4 Å². The zero-order valence-corrected chi connectivity index (χ0v) is 12.8. The van der Waals surface area contributed by atoms with Gasteiger partial charge in [0.1, 0.15) is 0 Å². The zero-order valence-electron chi connectivity index (χ0n) is 11.2. The molecule has 1 aliphatic heterocycles. The Hall–Kier alpha value is -0.430. The van der Waals surface area contributed by atoms with Crippen molar-refractivity contribution in [3.8, 4) is 0 Å². The van der Waals surface area contributed by atoms with Crippen LogP contribution in [-0.2, 0) is 11.8 Å². The van der Waals surface area contributed by atoms with Crippen LogP contribution in [0.1, 0.15) is 18.7 Å². The lowest BCUT2D eigenvalue weighted by Gasteiger charge is -2.36. The number of aromatic nitrogens is 2. The molecule has 1 aromatic rings. The maximum atomic E-state index is 5.93. The van der Waals surface area contributed by atoms with E-state index in [-0.39, 0.29) is 12.1 Å². The molecule has 6 heteroatoms. The van der Waals surface area contributed by atoms with Crippen LogP contribution in [0.25, 0.3) is 0 Å². The van der Waals surface area contributed by atoms with E-state index in [1.807, 2.05) is 25.0 Å². The smallest absolute Gasteiger partial charge is 0.0912 e. The highest BCUT2D eigenvalue weighted by Crippen LogP contribution is 2.27. The number of hydrogen-bond donors (Lipinski definition) is 1. The van der Waals surface area contributed by atoms with Crippen molar-refractivity contribution in [3.63, 3.8) is 0 Å². The van der Waals surface area contributed by atoms with Gasteiger partial charge in [0.05, 0.1) is 35.1 Å². The van der Waals surface area contributed by atoms with Crippen LogP contribution in [0.15, 0.2) is 10.7 Å². The number of nitrogens with one attached hydrogen (secondary N) is 1. The molecular formula is C12H21BrN4O. The first-order valence-electron chi connectivity index (χ1n) is 6.36. The quantitative estimate of drug-likeness (QED) is 0.905. The number of hydrogen-bond acceptors (Lipinski definition) is 4. The number of morpholine rings is 1. The van der Waals surface area contributed by atoms with E-state index in [1.165, 1.54) is 0 Å². The monoisotopic (exact) mass is 316 g/mol. The minimum atomic E-state index is 0.154. The lowest BCUT2D eigenvalue weighted by molar-refractivity contribution is -0.0457. The third-order valence-electron chi connectivity index (χ3n) is 3.54. The van der Waals surface area contributed by atoms with Gasteiger partial charge in [0.15, 0.2) is 0 Å². The number of likely N-dealkylation sites (N-methyl/N-ethyl adjacent to an activating group) is 2. The van der Waals surface area contributed by atoms with Gasteiger partial charge in [0, 0.05) is 20.1 Å². The molecule has 0 bridgehead atoms. The molecule has 0 aromatic carbocycles. The van der Waals surface area contributed by atoms with Crippen molar-refractivity contribution in [1.29, 1.82) is 0 Å². The first-order valence-corrected chi connectivity index (χ1v) is 7.15. The summed E-state index contributed by atoms with van der Waals surface area (Å²) < 4.78 is 8.86. The molecule has 0 amide bonds. The summed E-state index contributed by atoms with van der Waals surface area (Å²) in [7, 11) is 3.93. The van der Waals surface area contributed by atoms with Gasteiger partial charge in [0.2, 0.25) is 0 Å². The zero-order chi connectivity index (χ0) is 13.1. The van der Waals surface area contributed by atoms with Gasteiger partial charge >= 0.3 is 0 Å². The fourth-order valence-corrected chi connectivity index (χ4v) is 3.08. The van der Waals surface area contributed by atoms with E-state index >= 15 is 0 Å². The molecule has 1 saturated heterocycles. The molecule has 1 aliphatic rings. The minimum absolute atomic E-state index is 0.154. The van der Waals surface area contributed by atoms with E-state index in [0.29, 0.717) is 0 Å². The number of nitrogens with zero attached hydrogens (tertiary/aromatic N) is 3. The molecule has 2 rings (SSSR count). The summed E-state index contributed by atoms with van der Waals surface area (Å²) >= 11 is 3.56. The minimum Gasteiger partial charge on any atom is -0.374 e. The van der Waals surface area contributed by atoms with Gasteiger partial charge in [-0.2, -0.15) is 5.10 Å². The Labute approximate surface area is 117 Å². The third kappa shape index (κ3) is 2.77. The van der Waals surface area contributed by atoms with Crippen molar-refractivity contribution < 1.29 is 4.74 Å². The Morgan fingerprint density at radius 2 is 2.44 bits per heavy atom. The molecule has 0 saturated carbocycles. The highest BCUT2D eigenvalue weighted by molar-refractivity contribution is 9.10. The first-order chi connectivity index (χ1) is 8.67. The summed E-state index contributed by atoms with van der Waals surface area (Å²) in [5.74, 6) is 0. The van der Waals surface area contributed by atoms with E-state index in [1.54, 1.807) is 0 Å². The third-order valence-corrected chi connectivity index (χ3v) is 4.15. The Kier molecular flexibility index (Phi) is 4.77. The lowest BCUT2D eigenvalue weighted by atomic mass is 10.1. The standard InChI is InChI=1S/C12H21BrN4O/c1-4-17-5-6-18-10(8-17)11(14-2)12-9(13)7-15-16(12)3/h7,10-11,14H,4-6,8H2,1-3H3. The molecule has 0 radical (unpaired) electrons. The maximum absolute atomic E-state index is 5.93. The van der Waals surface area contributed by atoms with Crippen molar-refractivity contribution in [1.82, 2.24) is 20.0 Å². The molecule has 0 aliphatic carbocycles. The van der Waals surface area contributed by atoms with E-state index < -0.39 is 0 Å². The Morgan fingerprint density at radius 3 is 3.00 bits per heavy atom. The van der Waals surface area contributed by atoms with E-state index in [9.17, 15) is 0 Å². The largest absolute Gasteiger partial charge is 0.374 e. The fraction of sp³-hybridized carbons (Fsp3) is 0.750. The number of ether oxygens (including phenoxy) is 1. The molecule has 2 atom stereocenters. The van der Waals surface area contributed by atoms with Crippen LogP contribution in [0, 0.1) is 0 Å². The summed E-state index contributed by atoms with van der Waals surface area (Å²) in [6.45, 7) is 6.04. The van der Waals surface area contributed by atoms with Crippen LogP contribution < -0.4 is 5.32 Å². The number of halogens is 1. The molecule has 5 nitrogen and oxygen atoms in total. The molecular weight excluding hydrogens is 296 g/mol. The van der Waals surface area contributed by atoms with Gasteiger partial charge in [-0.15, -0.1) is 0 Å². The molecule has 18 heavy (non-hydrogen) atoms. The van der Waals surface area contributed by atoms with Crippen molar-refractivity contribution in [3.05, 3.63) is 16.4 Å². The highest BCUT2D eigenvalue weighted by Gasteiger charge is 2.30. The molecule has 1 fully saturated rings. The number of rotatable bonds is 4. The second-order valence-electron chi connectivity index (χ2n) is 4.57. The molecule has 1 N–H and O–H groups in total. The summed E-state index contributed by atoms with van der Waals surface area (Å²) in [5.41, 5.74) is 1.14. The van der Waals surface area contributed by atoms with E-state index in [2.05, 4.69) is 38.2 Å². The summed E-state index contributed by atoms with van der Waals surface area (Å²) in [4.78, 5) is 2.42. The van der Waals surface area contributed by atoms with Crippen LogP contribution in [0.5, 0.6) is 0 Å². The highest BCUT2D eigenvalue weighted by atomic mass is 79.9. The maximum Gasteiger partial charge on any atom is 0.0912 e. The molecule has 102 valence electrons. The van der Waals surface area contributed by atoms with Gasteiger partial charge in [-0.3, -0.25) is 9.58 Å². The average molecular weight is 317 g/mol. The molecule has 1 aromatic heterocycles. The summed E-state index contributed by atoms with van der Waals surface area (Å²) in [6.07, 6.45) is 2.00. The second-order valence-corrected chi connectivity index (χ2v) is 5.42. The van der Waals surface area contributed by atoms with Gasteiger partial charge in [-0.25, -0.2) is 0 Å². The van der Waals surface area contributed by atoms with Gasteiger partial charge in [-0.1, -0.05) is 6.92 Å². The topological polar surface area (TPSA) is 42.3 Å². The van der Waals surface area contributed by atoms with Crippen LogP contribution >= 0.6 is 15.9 Å². The predicted molar refractivity (Wildman–Crippen MR) is 74.6 cm³/mol. The molecule has 0 spiro atoms. The van der Waals surface area contributed by atoms with Crippen LogP contribution in [0.4, 0.5) is 0 Å². The van der Waals surface area contributed by atoms with Crippen molar-refractivity contribution in [2.24, 2.45) is 7.05 Å². The lowest BCUT2D eigenvalue weighted by Crippen LogP contribution is -2.48. The van der Waals surface area contributed by atoms with Gasteiger partial charge in [-0.05, 0) is 29.5 Å². The number of aryl methyl sites for hydroxylation is 1. The average Bonchev–Trinajstić information content (AvgIpc) is 2.72. The van der Waals surface area contributed by atoms with Crippen molar-refractivity contribution >= 4 is 15.9 Å². The first kappa shape index (κ1) is 14.0. The Balaban J connectivity index is 2.18. The Bertz CT molecular complexity index is 376. The Morgan fingerprint density at radius 1 is 1.67 bits per heavy atom. The summed E-state index contributed by atoms with van der Waals surface area (Å²) in [6, 6.07) is 0.154. The predicted octanol–water partition coefficient (Wildman–Crippen LogP) is 1.16. The van der Waals surface area contributed by atoms with E-state index in [4.69, 9.17) is 4.74 Å². The van der Waals surface area contributed by atoms with Gasteiger partial charge in [0.25, 0.3) is 0 Å². The molecule has 2 heterocycles. The summed E-state index contributed by atoms with van der Waals surface area (Å²) in [5, 5.41) is 7.64. The second kappa shape index (κ2) is 6.14.